The molecular weight excluding hydrogens is 220 g/mol. The van der Waals surface area contributed by atoms with Crippen LogP contribution < -0.4 is 0 Å². The molecule has 0 aliphatic heterocycles. The van der Waals surface area contributed by atoms with Gasteiger partial charge in [-0.2, -0.15) is 0 Å². The summed E-state index contributed by atoms with van der Waals surface area (Å²) in [5, 5.41) is 0. The Kier molecular flexibility index (Phi) is 6.09. The Balaban J connectivity index is 0.00000289. The molecule has 104 valence electrons. The van der Waals surface area contributed by atoms with Crippen molar-refractivity contribution in [2.75, 3.05) is 0 Å². The number of rotatable bonds is 3. The summed E-state index contributed by atoms with van der Waals surface area (Å²) in [6.45, 7) is 13.7. The molecule has 0 fully saturated rings. The molecule has 0 saturated heterocycles. The first-order chi connectivity index (χ1) is 7.66. The van der Waals surface area contributed by atoms with Crippen molar-refractivity contribution in [1.82, 2.24) is 0 Å². The fraction of sp³-hybridized carbons (Fsp3) is 0.647. The Bertz CT molecular complexity index is 335. The molecule has 0 N–H and O–H groups in total. The molecule has 18 heavy (non-hydrogen) atoms. The van der Waals surface area contributed by atoms with Crippen molar-refractivity contribution in [3.8, 4) is 0 Å². The van der Waals surface area contributed by atoms with E-state index in [0.29, 0.717) is 12.0 Å². The number of hydrogen-bond donors (Lipinski definition) is 0. The van der Waals surface area contributed by atoms with Crippen LogP contribution in [0.15, 0.2) is 24.3 Å². The Hall–Kier alpha value is -0.820. The maximum Gasteiger partial charge on any atom is 0.0724 e. The zero-order chi connectivity index (χ0) is 13.1. The lowest BCUT2D eigenvalue weighted by Crippen LogP contribution is -2.18. The smallest absolute Gasteiger partial charge is 0.0724 e. The van der Waals surface area contributed by atoms with Gasteiger partial charge in [-0.15, -0.1) is 0 Å². The van der Waals surface area contributed by atoms with Crippen molar-refractivity contribution >= 4 is 0 Å². The minimum absolute atomic E-state index is 0. The summed E-state index contributed by atoms with van der Waals surface area (Å²) in [5.74, 6) is 0. The molecule has 0 aliphatic rings. The Morgan fingerprint density at radius 3 is 1.67 bits per heavy atom. The minimum atomic E-state index is -0.0654. The second-order valence-corrected chi connectivity index (χ2v) is 6.95. The molecule has 0 saturated carbocycles. The molecule has 0 aromatic heterocycles. The highest BCUT2D eigenvalue weighted by molar-refractivity contribution is 5.22. The van der Waals surface area contributed by atoms with Gasteiger partial charge in [-0.25, -0.2) is 0 Å². The summed E-state index contributed by atoms with van der Waals surface area (Å²) >= 11 is 0. The van der Waals surface area contributed by atoms with Gasteiger partial charge < -0.3 is 4.74 Å². The van der Waals surface area contributed by atoms with Crippen molar-refractivity contribution in [2.45, 2.75) is 67.6 Å². The molecule has 0 aliphatic carbocycles. The molecule has 0 radical (unpaired) electrons. The Labute approximate surface area is 114 Å². The second kappa shape index (κ2) is 6.38. The first kappa shape index (κ1) is 17.2. The van der Waals surface area contributed by atoms with Gasteiger partial charge in [0.1, 0.15) is 0 Å². The fourth-order valence-electron chi connectivity index (χ4n) is 1.67. The van der Waals surface area contributed by atoms with Crippen LogP contribution in [0, 0.1) is 5.41 Å². The van der Waals surface area contributed by atoms with Gasteiger partial charge in [0, 0.05) is 0 Å². The molecule has 0 atom stereocenters. The van der Waals surface area contributed by atoms with Gasteiger partial charge in [0.25, 0.3) is 0 Å². The summed E-state index contributed by atoms with van der Waals surface area (Å²) in [6, 6.07) is 8.78. The van der Waals surface area contributed by atoms with E-state index in [4.69, 9.17) is 4.74 Å². The van der Waals surface area contributed by atoms with E-state index >= 15 is 0 Å². The maximum atomic E-state index is 5.76. The topological polar surface area (TPSA) is 9.23 Å². The lowest BCUT2D eigenvalue weighted by Gasteiger charge is -2.20. The monoisotopic (exact) mass is 250 g/mol. The molecule has 1 rings (SSSR count). The van der Waals surface area contributed by atoms with Crippen molar-refractivity contribution < 1.29 is 4.74 Å². The molecule has 1 nitrogen and oxygen atoms in total. The average Bonchev–Trinajstić information content (AvgIpc) is 2.13. The second-order valence-electron chi connectivity index (χ2n) is 6.95. The van der Waals surface area contributed by atoms with Crippen LogP contribution in [0.3, 0.4) is 0 Å². The van der Waals surface area contributed by atoms with E-state index in [0.717, 1.165) is 6.42 Å². The number of benzene rings is 1. The first-order valence-electron chi connectivity index (χ1n) is 6.37. The van der Waals surface area contributed by atoms with Crippen molar-refractivity contribution in [3.05, 3.63) is 35.4 Å². The van der Waals surface area contributed by atoms with Crippen molar-refractivity contribution in [3.63, 3.8) is 0 Å². The van der Waals surface area contributed by atoms with E-state index in [1.807, 2.05) is 0 Å². The van der Waals surface area contributed by atoms with E-state index in [9.17, 15) is 0 Å². The van der Waals surface area contributed by atoms with Crippen LogP contribution in [0.25, 0.3) is 0 Å². The standard InChI is InChI=1S/C16H26O.CH4/c1-15(2,3)11-13-7-9-14(10-8-13)12-17-16(4,5)6;/h7-10H,11-12H2,1-6H3;1H4. The van der Waals surface area contributed by atoms with Gasteiger partial charge in [-0.3, -0.25) is 0 Å². The van der Waals surface area contributed by atoms with Crippen LogP contribution in [0.2, 0.25) is 0 Å². The summed E-state index contributed by atoms with van der Waals surface area (Å²) in [4.78, 5) is 0. The molecule has 0 bridgehead atoms. The van der Waals surface area contributed by atoms with E-state index in [1.165, 1.54) is 11.1 Å². The molecule has 0 spiro atoms. The third-order valence-electron chi connectivity index (χ3n) is 2.43. The van der Waals surface area contributed by atoms with Crippen molar-refractivity contribution in [2.24, 2.45) is 5.41 Å². The fourth-order valence-corrected chi connectivity index (χ4v) is 1.67. The van der Waals surface area contributed by atoms with Crippen LogP contribution in [0.4, 0.5) is 0 Å². The third-order valence-corrected chi connectivity index (χ3v) is 2.43. The molecule has 1 aromatic carbocycles. The predicted octanol–water partition coefficient (Wildman–Crippen LogP) is 5.23. The average molecular weight is 250 g/mol. The summed E-state index contributed by atoms with van der Waals surface area (Å²) < 4.78 is 5.76. The lowest BCUT2D eigenvalue weighted by atomic mass is 9.88. The van der Waals surface area contributed by atoms with Crippen LogP contribution >= 0.6 is 0 Å². The summed E-state index contributed by atoms with van der Waals surface area (Å²) in [7, 11) is 0. The number of ether oxygens (including phenoxy) is 1. The van der Waals surface area contributed by atoms with E-state index in [2.05, 4.69) is 65.8 Å². The summed E-state index contributed by atoms with van der Waals surface area (Å²) in [5.41, 5.74) is 2.93. The third kappa shape index (κ3) is 7.50. The Morgan fingerprint density at radius 2 is 1.28 bits per heavy atom. The SMILES string of the molecule is C.CC(C)(C)Cc1ccc(COC(C)(C)C)cc1. The number of hydrogen-bond acceptors (Lipinski definition) is 1. The largest absolute Gasteiger partial charge is 0.371 e. The highest BCUT2D eigenvalue weighted by atomic mass is 16.5. The van der Waals surface area contributed by atoms with Crippen LogP contribution in [0.1, 0.15) is 60.1 Å². The van der Waals surface area contributed by atoms with Gasteiger partial charge >= 0.3 is 0 Å². The molecule has 0 unspecified atom stereocenters. The van der Waals surface area contributed by atoms with Crippen LogP contribution in [0.5, 0.6) is 0 Å². The van der Waals surface area contributed by atoms with Crippen LogP contribution in [-0.4, -0.2) is 5.60 Å². The van der Waals surface area contributed by atoms with E-state index in [-0.39, 0.29) is 13.0 Å². The Morgan fingerprint density at radius 1 is 0.833 bits per heavy atom. The quantitative estimate of drug-likeness (QED) is 0.714. The highest BCUT2D eigenvalue weighted by Gasteiger charge is 2.12. The molecule has 1 aromatic rings. The lowest BCUT2D eigenvalue weighted by molar-refractivity contribution is -0.0149. The van der Waals surface area contributed by atoms with Gasteiger partial charge in [0.15, 0.2) is 0 Å². The van der Waals surface area contributed by atoms with E-state index in [1.54, 1.807) is 0 Å². The first-order valence-corrected chi connectivity index (χ1v) is 6.37. The molecule has 0 heterocycles. The van der Waals surface area contributed by atoms with Gasteiger partial charge in [-0.05, 0) is 43.7 Å². The zero-order valence-electron chi connectivity index (χ0n) is 12.1. The zero-order valence-corrected chi connectivity index (χ0v) is 12.1. The highest BCUT2D eigenvalue weighted by Crippen LogP contribution is 2.21. The predicted molar refractivity (Wildman–Crippen MR) is 80.9 cm³/mol. The minimum Gasteiger partial charge on any atom is -0.371 e. The van der Waals surface area contributed by atoms with Crippen LogP contribution in [-0.2, 0) is 17.8 Å². The van der Waals surface area contributed by atoms with Gasteiger partial charge in [0.2, 0.25) is 0 Å². The molecule has 1 heteroatoms. The van der Waals surface area contributed by atoms with Gasteiger partial charge in [-0.1, -0.05) is 52.5 Å². The normalized spacial score (nSPS) is 12.1. The van der Waals surface area contributed by atoms with Crippen molar-refractivity contribution in [1.29, 1.82) is 0 Å². The van der Waals surface area contributed by atoms with E-state index < -0.39 is 0 Å². The molecular formula is C17H30O. The summed E-state index contributed by atoms with van der Waals surface area (Å²) in [6.07, 6.45) is 1.12. The molecule has 0 amide bonds. The maximum absolute atomic E-state index is 5.76. The van der Waals surface area contributed by atoms with Gasteiger partial charge in [0.05, 0.1) is 12.2 Å².